The third-order valence-electron chi connectivity index (χ3n) is 2.34. The fraction of sp³-hybridized carbons (Fsp3) is 0.333. The first kappa shape index (κ1) is 12.0. The molecule has 0 aromatic heterocycles. The number of aliphatic imine (C=N–C) groups is 1. The smallest absolute Gasteiger partial charge is 0.331 e. The Kier molecular flexibility index (Phi) is 3.68. The summed E-state index contributed by atoms with van der Waals surface area (Å²) >= 11 is 1.46. The van der Waals surface area contributed by atoms with Gasteiger partial charge in [0, 0.05) is 11.3 Å². The van der Waals surface area contributed by atoms with Crippen LogP contribution in [0.1, 0.15) is 12.5 Å². The highest BCUT2D eigenvalue weighted by atomic mass is 32.2. The molecule has 1 aromatic rings. The molecule has 0 saturated carbocycles. The molecule has 1 heterocycles. The van der Waals surface area contributed by atoms with Crippen molar-refractivity contribution in [3.8, 4) is 5.75 Å². The first-order valence-corrected chi connectivity index (χ1v) is 6.36. The zero-order valence-corrected chi connectivity index (χ0v) is 10.2. The lowest BCUT2D eigenvalue weighted by molar-refractivity contribution is -0.143. The van der Waals surface area contributed by atoms with Crippen LogP contribution in [0.4, 0.5) is 0 Å². The second-order valence-corrected chi connectivity index (χ2v) is 4.54. The summed E-state index contributed by atoms with van der Waals surface area (Å²) in [5.41, 5.74) is 0.671. The van der Waals surface area contributed by atoms with Crippen LogP contribution < -0.4 is 0 Å². The van der Waals surface area contributed by atoms with Gasteiger partial charge in [0.2, 0.25) is 0 Å². The summed E-state index contributed by atoms with van der Waals surface area (Å²) < 4.78 is 4.92. The highest BCUT2D eigenvalue weighted by molar-refractivity contribution is 8.14. The number of rotatable bonds is 3. The van der Waals surface area contributed by atoms with Crippen molar-refractivity contribution in [2.45, 2.75) is 13.0 Å². The molecule has 1 aromatic carbocycles. The van der Waals surface area contributed by atoms with Crippen LogP contribution in [0.25, 0.3) is 0 Å². The lowest BCUT2D eigenvalue weighted by Gasteiger charge is -2.04. The van der Waals surface area contributed by atoms with Crippen LogP contribution >= 0.6 is 11.8 Å². The standard InChI is InChI=1S/C12H13NO3S/c1-2-16-12(15)9-7-17-11(13-9)8-5-3-4-6-10(8)14/h3-6,9,14H,2,7H2,1H3. The minimum atomic E-state index is -0.449. The number of phenolic OH excluding ortho intramolecular Hbond substituents is 1. The first-order valence-electron chi connectivity index (χ1n) is 5.38. The Morgan fingerprint density at radius 1 is 1.59 bits per heavy atom. The highest BCUT2D eigenvalue weighted by Gasteiger charge is 2.27. The molecule has 0 fully saturated rings. The highest BCUT2D eigenvalue weighted by Crippen LogP contribution is 2.28. The summed E-state index contributed by atoms with van der Waals surface area (Å²) in [4.78, 5) is 15.8. The molecule has 2 rings (SSSR count). The molecule has 0 amide bonds. The van der Waals surface area contributed by atoms with Gasteiger partial charge in [-0.2, -0.15) is 0 Å². The Hall–Kier alpha value is -1.49. The number of ether oxygens (including phenoxy) is 1. The fourth-order valence-corrected chi connectivity index (χ4v) is 2.59. The molecule has 1 aliphatic heterocycles. The van der Waals surface area contributed by atoms with Crippen LogP contribution in [-0.4, -0.2) is 34.5 Å². The summed E-state index contributed by atoms with van der Waals surface area (Å²) in [7, 11) is 0. The van der Waals surface area contributed by atoms with E-state index in [9.17, 15) is 9.90 Å². The van der Waals surface area contributed by atoms with E-state index in [0.717, 1.165) is 0 Å². The van der Waals surface area contributed by atoms with E-state index in [1.807, 2.05) is 6.07 Å². The van der Waals surface area contributed by atoms with Crippen molar-refractivity contribution in [2.75, 3.05) is 12.4 Å². The van der Waals surface area contributed by atoms with Gasteiger partial charge in [-0.15, -0.1) is 11.8 Å². The largest absolute Gasteiger partial charge is 0.507 e. The molecule has 1 unspecified atom stereocenters. The van der Waals surface area contributed by atoms with Gasteiger partial charge < -0.3 is 9.84 Å². The van der Waals surface area contributed by atoms with Crippen molar-refractivity contribution in [1.82, 2.24) is 0 Å². The van der Waals surface area contributed by atoms with Crippen LogP contribution in [0.2, 0.25) is 0 Å². The quantitative estimate of drug-likeness (QED) is 0.832. The number of nitrogens with zero attached hydrogens (tertiary/aromatic N) is 1. The normalized spacial score (nSPS) is 18.9. The number of hydrogen-bond acceptors (Lipinski definition) is 5. The zero-order chi connectivity index (χ0) is 12.3. The lowest BCUT2D eigenvalue weighted by Crippen LogP contribution is -2.21. The van der Waals surface area contributed by atoms with Gasteiger partial charge >= 0.3 is 5.97 Å². The van der Waals surface area contributed by atoms with Crippen molar-refractivity contribution in [3.05, 3.63) is 29.8 Å². The van der Waals surface area contributed by atoms with Crippen molar-refractivity contribution in [1.29, 1.82) is 0 Å². The number of aromatic hydroxyl groups is 1. The number of phenols is 1. The molecular weight excluding hydrogens is 238 g/mol. The number of benzene rings is 1. The van der Waals surface area contributed by atoms with E-state index in [0.29, 0.717) is 23.0 Å². The maximum absolute atomic E-state index is 11.5. The van der Waals surface area contributed by atoms with Crippen LogP contribution in [-0.2, 0) is 9.53 Å². The SMILES string of the molecule is CCOC(=O)C1CSC(c2ccccc2O)=N1. The number of para-hydroxylation sites is 1. The maximum Gasteiger partial charge on any atom is 0.331 e. The number of hydrogen-bond donors (Lipinski definition) is 1. The molecule has 0 spiro atoms. The van der Waals surface area contributed by atoms with E-state index < -0.39 is 6.04 Å². The van der Waals surface area contributed by atoms with Gasteiger partial charge in [0.25, 0.3) is 0 Å². The average molecular weight is 251 g/mol. The first-order chi connectivity index (χ1) is 8.22. The summed E-state index contributed by atoms with van der Waals surface area (Å²) in [5.74, 6) is 0.455. The number of thioether (sulfide) groups is 1. The third-order valence-corrected chi connectivity index (χ3v) is 3.43. The third kappa shape index (κ3) is 2.61. The molecule has 0 radical (unpaired) electrons. The number of carbonyl (C=O) groups excluding carboxylic acids is 1. The molecular formula is C12H13NO3S. The van der Waals surface area contributed by atoms with Crippen molar-refractivity contribution >= 4 is 22.8 Å². The van der Waals surface area contributed by atoms with E-state index in [4.69, 9.17) is 4.74 Å². The Morgan fingerprint density at radius 3 is 3.06 bits per heavy atom. The minimum Gasteiger partial charge on any atom is -0.507 e. The summed E-state index contributed by atoms with van der Waals surface area (Å²) in [6.07, 6.45) is 0. The molecule has 1 aliphatic rings. The summed E-state index contributed by atoms with van der Waals surface area (Å²) in [6, 6.07) is 6.53. The molecule has 5 heteroatoms. The van der Waals surface area contributed by atoms with E-state index in [1.54, 1.807) is 25.1 Å². The van der Waals surface area contributed by atoms with Crippen LogP contribution in [0.3, 0.4) is 0 Å². The molecule has 4 nitrogen and oxygen atoms in total. The monoisotopic (exact) mass is 251 g/mol. The molecule has 90 valence electrons. The van der Waals surface area contributed by atoms with Gasteiger partial charge in [0.1, 0.15) is 10.8 Å². The molecule has 0 aliphatic carbocycles. The van der Waals surface area contributed by atoms with Gasteiger partial charge in [-0.25, -0.2) is 4.79 Å². The van der Waals surface area contributed by atoms with E-state index in [-0.39, 0.29) is 11.7 Å². The van der Waals surface area contributed by atoms with Crippen molar-refractivity contribution in [2.24, 2.45) is 4.99 Å². The predicted molar refractivity (Wildman–Crippen MR) is 67.5 cm³/mol. The topological polar surface area (TPSA) is 58.9 Å². The van der Waals surface area contributed by atoms with Crippen LogP contribution in [0.15, 0.2) is 29.3 Å². The predicted octanol–water partition coefficient (Wildman–Crippen LogP) is 1.82. The molecule has 1 N–H and O–H groups in total. The average Bonchev–Trinajstić information content (AvgIpc) is 2.79. The summed E-state index contributed by atoms with van der Waals surface area (Å²) in [6.45, 7) is 2.13. The van der Waals surface area contributed by atoms with E-state index in [1.165, 1.54) is 11.8 Å². The Morgan fingerprint density at radius 2 is 2.35 bits per heavy atom. The number of carbonyl (C=O) groups is 1. The second kappa shape index (κ2) is 5.23. The van der Waals surface area contributed by atoms with E-state index in [2.05, 4.69) is 4.99 Å². The van der Waals surface area contributed by atoms with Gasteiger partial charge in [-0.1, -0.05) is 12.1 Å². The molecule has 1 atom stereocenters. The zero-order valence-electron chi connectivity index (χ0n) is 9.42. The van der Waals surface area contributed by atoms with Crippen LogP contribution in [0.5, 0.6) is 5.75 Å². The second-order valence-electron chi connectivity index (χ2n) is 3.53. The maximum atomic E-state index is 11.5. The molecule has 0 bridgehead atoms. The summed E-state index contributed by atoms with van der Waals surface area (Å²) in [5, 5.41) is 10.4. The molecule has 0 saturated heterocycles. The van der Waals surface area contributed by atoms with Gasteiger partial charge in [0.05, 0.1) is 6.61 Å². The number of esters is 1. The van der Waals surface area contributed by atoms with Crippen molar-refractivity contribution in [3.63, 3.8) is 0 Å². The Balaban J connectivity index is 2.17. The van der Waals surface area contributed by atoms with Gasteiger partial charge in [-0.05, 0) is 19.1 Å². The Bertz CT molecular complexity index is 459. The lowest BCUT2D eigenvalue weighted by atomic mass is 10.2. The van der Waals surface area contributed by atoms with E-state index >= 15 is 0 Å². The minimum absolute atomic E-state index is 0.184. The fourth-order valence-electron chi connectivity index (χ4n) is 1.53. The Labute approximate surface area is 104 Å². The van der Waals surface area contributed by atoms with Gasteiger partial charge in [0.15, 0.2) is 6.04 Å². The van der Waals surface area contributed by atoms with Crippen LogP contribution in [0, 0.1) is 0 Å². The molecule has 17 heavy (non-hydrogen) atoms. The van der Waals surface area contributed by atoms with Crippen molar-refractivity contribution < 1.29 is 14.6 Å². The van der Waals surface area contributed by atoms with Gasteiger partial charge in [-0.3, -0.25) is 4.99 Å².